The van der Waals surface area contributed by atoms with Gasteiger partial charge in [0, 0.05) is 30.5 Å². The highest BCUT2D eigenvalue weighted by Crippen LogP contribution is 2.27. The summed E-state index contributed by atoms with van der Waals surface area (Å²) in [5.74, 6) is 1.70. The predicted molar refractivity (Wildman–Crippen MR) is 68.2 cm³/mol. The number of anilines is 1. The van der Waals surface area contributed by atoms with Gasteiger partial charge in [-0.15, -0.1) is 0 Å². The molecule has 3 heterocycles. The first-order valence-electron chi connectivity index (χ1n) is 6.53. The van der Waals surface area contributed by atoms with Gasteiger partial charge in [-0.1, -0.05) is 0 Å². The van der Waals surface area contributed by atoms with Crippen LogP contribution in [0, 0.1) is 19.8 Å². The third-order valence-corrected chi connectivity index (χ3v) is 3.85. The summed E-state index contributed by atoms with van der Waals surface area (Å²) in [6, 6.07) is 2.68. The smallest absolute Gasteiger partial charge is 0.225 e. The van der Waals surface area contributed by atoms with Crippen LogP contribution >= 0.6 is 0 Å². The van der Waals surface area contributed by atoms with Gasteiger partial charge in [0.25, 0.3) is 0 Å². The molecule has 0 saturated carbocycles. The molecule has 0 aromatic carbocycles. The zero-order valence-corrected chi connectivity index (χ0v) is 10.6. The number of hydrogen-bond acceptors (Lipinski definition) is 4. The fourth-order valence-corrected chi connectivity index (χ4v) is 3.06. The Labute approximate surface area is 102 Å². The number of nitrogens with one attached hydrogen (secondary N) is 1. The van der Waals surface area contributed by atoms with E-state index in [9.17, 15) is 0 Å². The van der Waals surface area contributed by atoms with Gasteiger partial charge in [-0.2, -0.15) is 0 Å². The molecule has 0 spiro atoms. The van der Waals surface area contributed by atoms with Crippen molar-refractivity contribution in [2.75, 3.05) is 24.5 Å². The minimum absolute atomic E-state index is 0.646. The summed E-state index contributed by atoms with van der Waals surface area (Å²) in [7, 11) is 0. The van der Waals surface area contributed by atoms with Crippen molar-refractivity contribution < 1.29 is 0 Å². The number of fused-ring (bicyclic) bond motifs is 1. The Kier molecular flexibility index (Phi) is 2.74. The zero-order chi connectivity index (χ0) is 11.8. The van der Waals surface area contributed by atoms with Gasteiger partial charge in [-0.3, -0.25) is 0 Å². The van der Waals surface area contributed by atoms with Gasteiger partial charge in [0.2, 0.25) is 5.95 Å². The van der Waals surface area contributed by atoms with Crippen LogP contribution in [-0.2, 0) is 0 Å². The monoisotopic (exact) mass is 232 g/mol. The van der Waals surface area contributed by atoms with Gasteiger partial charge in [-0.05, 0) is 45.2 Å². The van der Waals surface area contributed by atoms with Crippen molar-refractivity contribution in [3.05, 3.63) is 17.5 Å². The topological polar surface area (TPSA) is 41.1 Å². The van der Waals surface area contributed by atoms with Gasteiger partial charge >= 0.3 is 0 Å². The van der Waals surface area contributed by atoms with Gasteiger partial charge in [0.1, 0.15) is 0 Å². The molecule has 2 aliphatic rings. The fraction of sp³-hybridized carbons (Fsp3) is 0.692. The minimum Gasteiger partial charge on any atom is -0.339 e. The van der Waals surface area contributed by atoms with Crippen LogP contribution in [0.5, 0.6) is 0 Å². The van der Waals surface area contributed by atoms with Crippen LogP contribution in [0.15, 0.2) is 6.07 Å². The highest BCUT2D eigenvalue weighted by atomic mass is 15.3. The third kappa shape index (κ3) is 2.14. The lowest BCUT2D eigenvalue weighted by Crippen LogP contribution is -2.40. The van der Waals surface area contributed by atoms with Crippen molar-refractivity contribution in [3.63, 3.8) is 0 Å². The maximum Gasteiger partial charge on any atom is 0.225 e. The molecule has 17 heavy (non-hydrogen) atoms. The molecule has 1 aromatic rings. The van der Waals surface area contributed by atoms with Crippen LogP contribution in [0.3, 0.4) is 0 Å². The highest BCUT2D eigenvalue weighted by molar-refractivity contribution is 5.35. The van der Waals surface area contributed by atoms with Crippen molar-refractivity contribution >= 4 is 5.95 Å². The van der Waals surface area contributed by atoms with E-state index in [1.165, 1.54) is 19.4 Å². The Balaban J connectivity index is 1.81. The van der Waals surface area contributed by atoms with Gasteiger partial charge < -0.3 is 10.2 Å². The summed E-state index contributed by atoms with van der Waals surface area (Å²) in [6.07, 6.45) is 2.65. The van der Waals surface area contributed by atoms with Crippen LogP contribution < -0.4 is 10.2 Å². The van der Waals surface area contributed by atoms with Crippen molar-refractivity contribution in [1.29, 1.82) is 0 Å². The molecule has 0 bridgehead atoms. The second-order valence-corrected chi connectivity index (χ2v) is 5.32. The molecule has 4 nitrogen and oxygen atoms in total. The fourth-order valence-electron chi connectivity index (χ4n) is 3.06. The molecule has 2 atom stereocenters. The maximum atomic E-state index is 4.56. The Morgan fingerprint density at radius 3 is 2.71 bits per heavy atom. The molecule has 0 radical (unpaired) electrons. The summed E-state index contributed by atoms with van der Waals surface area (Å²) in [5, 5.41) is 3.61. The highest BCUT2D eigenvalue weighted by Gasteiger charge is 2.35. The van der Waals surface area contributed by atoms with Crippen LogP contribution in [0.4, 0.5) is 5.95 Å². The van der Waals surface area contributed by atoms with Gasteiger partial charge in [0.15, 0.2) is 0 Å². The Bertz CT molecular complexity index is 384. The molecule has 92 valence electrons. The normalized spacial score (nSPS) is 28.2. The second kappa shape index (κ2) is 4.26. The van der Waals surface area contributed by atoms with Crippen molar-refractivity contribution in [1.82, 2.24) is 15.3 Å². The summed E-state index contributed by atoms with van der Waals surface area (Å²) in [6.45, 7) is 7.43. The van der Waals surface area contributed by atoms with E-state index >= 15 is 0 Å². The summed E-state index contributed by atoms with van der Waals surface area (Å²) in [5.41, 5.74) is 2.13. The lowest BCUT2D eigenvalue weighted by Gasteiger charge is -2.24. The average molecular weight is 232 g/mol. The van der Waals surface area contributed by atoms with Gasteiger partial charge in [0.05, 0.1) is 0 Å². The van der Waals surface area contributed by atoms with Crippen LogP contribution in [0.2, 0.25) is 0 Å². The first kappa shape index (κ1) is 11.0. The van der Waals surface area contributed by atoms with Crippen LogP contribution in [0.25, 0.3) is 0 Å². The molecule has 0 unspecified atom stereocenters. The molecule has 2 aliphatic heterocycles. The SMILES string of the molecule is Cc1cc(C)nc(N2C[C@@H]3CCCN[C@@H]3C2)n1. The lowest BCUT2D eigenvalue weighted by atomic mass is 9.94. The number of rotatable bonds is 1. The van der Waals surface area contributed by atoms with E-state index in [2.05, 4.69) is 20.2 Å². The van der Waals surface area contributed by atoms with Crippen molar-refractivity contribution in [2.45, 2.75) is 32.7 Å². The molecule has 0 aliphatic carbocycles. The molecule has 0 amide bonds. The molecule has 2 saturated heterocycles. The largest absolute Gasteiger partial charge is 0.339 e. The minimum atomic E-state index is 0.646. The average Bonchev–Trinajstić information content (AvgIpc) is 2.71. The van der Waals surface area contributed by atoms with E-state index in [-0.39, 0.29) is 0 Å². The van der Waals surface area contributed by atoms with E-state index in [4.69, 9.17) is 0 Å². The summed E-state index contributed by atoms with van der Waals surface area (Å²) in [4.78, 5) is 11.5. The van der Waals surface area contributed by atoms with E-state index in [0.29, 0.717) is 6.04 Å². The molecule has 1 N–H and O–H groups in total. The van der Waals surface area contributed by atoms with E-state index < -0.39 is 0 Å². The van der Waals surface area contributed by atoms with Gasteiger partial charge in [-0.25, -0.2) is 9.97 Å². The molecular weight excluding hydrogens is 212 g/mol. The molecule has 1 aromatic heterocycles. The molecule has 3 rings (SSSR count). The number of hydrogen-bond donors (Lipinski definition) is 1. The van der Waals surface area contributed by atoms with Crippen LogP contribution in [0.1, 0.15) is 24.2 Å². The van der Waals surface area contributed by atoms with E-state index in [1.54, 1.807) is 0 Å². The number of aromatic nitrogens is 2. The summed E-state index contributed by atoms with van der Waals surface area (Å²) < 4.78 is 0. The number of piperidine rings is 1. The quantitative estimate of drug-likeness (QED) is 0.792. The third-order valence-electron chi connectivity index (χ3n) is 3.85. The maximum absolute atomic E-state index is 4.56. The summed E-state index contributed by atoms with van der Waals surface area (Å²) >= 11 is 0. The van der Waals surface area contributed by atoms with Crippen LogP contribution in [-0.4, -0.2) is 35.6 Å². The standard InChI is InChI=1S/C13H20N4/c1-9-6-10(2)16-13(15-9)17-7-11-4-3-5-14-12(11)8-17/h6,11-12,14H,3-5,7-8H2,1-2H3/t11-,12+/m0/s1. The van der Waals surface area contributed by atoms with E-state index in [1.807, 2.05) is 19.9 Å². The zero-order valence-electron chi connectivity index (χ0n) is 10.6. The molecule has 2 fully saturated rings. The lowest BCUT2D eigenvalue weighted by molar-refractivity contribution is 0.340. The van der Waals surface area contributed by atoms with Crippen molar-refractivity contribution in [3.8, 4) is 0 Å². The number of nitrogens with zero attached hydrogens (tertiary/aromatic N) is 3. The molecular formula is C13H20N4. The first-order chi connectivity index (χ1) is 8.22. The number of aryl methyl sites for hydroxylation is 2. The predicted octanol–water partition coefficient (Wildman–Crippen LogP) is 1.28. The van der Waals surface area contributed by atoms with E-state index in [0.717, 1.165) is 36.3 Å². The molecule has 4 heteroatoms. The first-order valence-corrected chi connectivity index (χ1v) is 6.53. The second-order valence-electron chi connectivity index (χ2n) is 5.32. The Hall–Kier alpha value is -1.16. The van der Waals surface area contributed by atoms with Crippen molar-refractivity contribution in [2.24, 2.45) is 5.92 Å². The Morgan fingerprint density at radius 1 is 1.24 bits per heavy atom. The Morgan fingerprint density at radius 2 is 2.00 bits per heavy atom.